The van der Waals surface area contributed by atoms with Crippen LogP contribution in [-0.2, 0) is 0 Å². The first-order chi connectivity index (χ1) is 9.70. The van der Waals surface area contributed by atoms with Gasteiger partial charge in [-0.15, -0.1) is 11.3 Å². The van der Waals surface area contributed by atoms with Crippen molar-refractivity contribution in [2.24, 2.45) is 0 Å². The fourth-order valence-electron chi connectivity index (χ4n) is 2.30. The third-order valence-electron chi connectivity index (χ3n) is 3.22. The number of thiazole rings is 1. The van der Waals surface area contributed by atoms with Gasteiger partial charge < -0.3 is 9.84 Å². The smallest absolute Gasteiger partial charge is 0.182 e. The van der Waals surface area contributed by atoms with Crippen molar-refractivity contribution in [3.05, 3.63) is 41.1 Å². The lowest BCUT2D eigenvalue weighted by Crippen LogP contribution is -1.89. The fraction of sp³-hybridized carbons (Fsp3) is 0.200. The van der Waals surface area contributed by atoms with Crippen molar-refractivity contribution in [2.45, 2.75) is 13.8 Å². The predicted molar refractivity (Wildman–Crippen MR) is 82.1 cm³/mol. The van der Waals surface area contributed by atoms with Crippen LogP contribution in [0.15, 0.2) is 34.2 Å². The summed E-state index contributed by atoms with van der Waals surface area (Å²) in [5.41, 5.74) is 5.13. The average molecular weight is 285 g/mol. The second kappa shape index (κ2) is 5.09. The maximum Gasteiger partial charge on any atom is 0.182 e. The predicted octanol–water partition coefficient (Wildman–Crippen LogP) is 4.12. The van der Waals surface area contributed by atoms with Crippen LogP contribution in [0.4, 0.5) is 5.13 Å². The topological polar surface area (TPSA) is 51.0 Å². The monoisotopic (exact) mass is 285 g/mol. The standard InChI is InChI=1S/C15H15N3OS/c1-9-14(10(2)19-18-9)12-7-5-4-6-11(12)13-8-20-15(16-3)17-13/h4-8H,1-3H3,(H,16,17). The lowest BCUT2D eigenvalue weighted by atomic mass is 9.97. The number of nitrogens with one attached hydrogen (secondary N) is 1. The van der Waals surface area contributed by atoms with Crippen LogP contribution < -0.4 is 5.32 Å². The average Bonchev–Trinajstić information content (AvgIpc) is 3.06. The Morgan fingerprint density at radius 3 is 2.50 bits per heavy atom. The molecular formula is C15H15N3OS. The van der Waals surface area contributed by atoms with Crippen molar-refractivity contribution in [1.82, 2.24) is 10.1 Å². The molecule has 0 aliphatic rings. The molecule has 2 heterocycles. The SMILES string of the molecule is CNc1nc(-c2ccccc2-c2c(C)noc2C)cs1. The number of hydrogen-bond donors (Lipinski definition) is 1. The highest BCUT2D eigenvalue weighted by Gasteiger charge is 2.16. The van der Waals surface area contributed by atoms with E-state index in [1.165, 1.54) is 0 Å². The molecule has 0 spiro atoms. The van der Waals surface area contributed by atoms with Gasteiger partial charge in [0.2, 0.25) is 0 Å². The highest BCUT2D eigenvalue weighted by molar-refractivity contribution is 7.14. The minimum atomic E-state index is 0.832. The zero-order valence-corrected chi connectivity index (χ0v) is 12.4. The van der Waals surface area contributed by atoms with Gasteiger partial charge in [0.1, 0.15) is 5.76 Å². The maximum atomic E-state index is 5.29. The van der Waals surface area contributed by atoms with E-state index in [1.54, 1.807) is 11.3 Å². The number of anilines is 1. The van der Waals surface area contributed by atoms with E-state index in [2.05, 4.69) is 33.0 Å². The third kappa shape index (κ3) is 2.10. The van der Waals surface area contributed by atoms with Crippen LogP contribution in [0.2, 0.25) is 0 Å². The molecule has 0 aliphatic carbocycles. The molecule has 5 heteroatoms. The van der Waals surface area contributed by atoms with Crippen LogP contribution >= 0.6 is 11.3 Å². The second-order valence-corrected chi connectivity index (χ2v) is 5.39. The van der Waals surface area contributed by atoms with E-state index in [1.807, 2.05) is 33.0 Å². The van der Waals surface area contributed by atoms with Crippen molar-refractivity contribution < 1.29 is 4.52 Å². The molecule has 0 saturated heterocycles. The summed E-state index contributed by atoms with van der Waals surface area (Å²) in [5, 5.41) is 10.1. The van der Waals surface area contributed by atoms with Gasteiger partial charge in [0.15, 0.2) is 5.13 Å². The molecule has 0 unspecified atom stereocenters. The van der Waals surface area contributed by atoms with Gasteiger partial charge in [-0.25, -0.2) is 4.98 Å². The van der Waals surface area contributed by atoms with Crippen LogP contribution in [0.25, 0.3) is 22.4 Å². The molecule has 0 saturated carbocycles. The first-order valence-electron chi connectivity index (χ1n) is 6.36. The van der Waals surface area contributed by atoms with Gasteiger partial charge >= 0.3 is 0 Å². The fourth-order valence-corrected chi connectivity index (χ4v) is 2.98. The Balaban J connectivity index is 2.18. The number of benzene rings is 1. The van der Waals surface area contributed by atoms with E-state index < -0.39 is 0 Å². The van der Waals surface area contributed by atoms with Crippen LogP contribution in [0.1, 0.15) is 11.5 Å². The molecule has 0 fully saturated rings. The van der Waals surface area contributed by atoms with Crippen molar-refractivity contribution in [3.8, 4) is 22.4 Å². The van der Waals surface area contributed by atoms with Gasteiger partial charge in [0.25, 0.3) is 0 Å². The largest absolute Gasteiger partial charge is 0.365 e. The van der Waals surface area contributed by atoms with Gasteiger partial charge in [0.05, 0.1) is 11.4 Å². The van der Waals surface area contributed by atoms with Gasteiger partial charge in [-0.3, -0.25) is 0 Å². The second-order valence-electron chi connectivity index (χ2n) is 4.53. The number of aryl methyl sites for hydroxylation is 2. The lowest BCUT2D eigenvalue weighted by Gasteiger charge is -2.06. The zero-order chi connectivity index (χ0) is 14.1. The summed E-state index contributed by atoms with van der Waals surface area (Å²) in [4.78, 5) is 4.59. The normalized spacial score (nSPS) is 10.8. The molecule has 1 aromatic carbocycles. The maximum absolute atomic E-state index is 5.29. The Labute approximate surface area is 121 Å². The summed E-state index contributed by atoms with van der Waals surface area (Å²) >= 11 is 1.60. The van der Waals surface area contributed by atoms with E-state index in [0.29, 0.717) is 0 Å². The Hall–Kier alpha value is -2.14. The van der Waals surface area contributed by atoms with Gasteiger partial charge in [-0.1, -0.05) is 29.4 Å². The van der Waals surface area contributed by atoms with Crippen LogP contribution in [-0.4, -0.2) is 17.2 Å². The summed E-state index contributed by atoms with van der Waals surface area (Å²) in [6.45, 7) is 3.90. The molecule has 1 N–H and O–H groups in total. The van der Waals surface area contributed by atoms with Crippen molar-refractivity contribution in [1.29, 1.82) is 0 Å². The summed E-state index contributed by atoms with van der Waals surface area (Å²) in [6, 6.07) is 8.21. The molecule has 2 aromatic heterocycles. The molecule has 0 amide bonds. The summed E-state index contributed by atoms with van der Waals surface area (Å²) in [5.74, 6) is 0.832. The van der Waals surface area contributed by atoms with Crippen molar-refractivity contribution in [2.75, 3.05) is 12.4 Å². The van der Waals surface area contributed by atoms with E-state index in [9.17, 15) is 0 Å². The van der Waals surface area contributed by atoms with Crippen molar-refractivity contribution >= 4 is 16.5 Å². The van der Waals surface area contributed by atoms with E-state index >= 15 is 0 Å². The number of rotatable bonds is 3. The zero-order valence-electron chi connectivity index (χ0n) is 11.6. The molecular weight excluding hydrogens is 270 g/mol. The van der Waals surface area contributed by atoms with E-state index in [0.717, 1.165) is 39.0 Å². The molecule has 102 valence electrons. The highest BCUT2D eigenvalue weighted by Crippen LogP contribution is 2.36. The van der Waals surface area contributed by atoms with E-state index in [4.69, 9.17) is 4.52 Å². The van der Waals surface area contributed by atoms with Gasteiger partial charge in [-0.2, -0.15) is 0 Å². The first-order valence-corrected chi connectivity index (χ1v) is 7.24. The van der Waals surface area contributed by atoms with Crippen molar-refractivity contribution in [3.63, 3.8) is 0 Å². The van der Waals surface area contributed by atoms with E-state index in [-0.39, 0.29) is 0 Å². The number of nitrogens with zero attached hydrogens (tertiary/aromatic N) is 2. The van der Waals surface area contributed by atoms with Gasteiger partial charge in [0, 0.05) is 23.6 Å². The molecule has 0 atom stereocenters. The summed E-state index contributed by atoms with van der Waals surface area (Å²) < 4.78 is 5.29. The van der Waals surface area contributed by atoms with Gasteiger partial charge in [-0.05, 0) is 19.4 Å². The molecule has 0 bridgehead atoms. The summed E-state index contributed by atoms with van der Waals surface area (Å²) in [6.07, 6.45) is 0. The number of hydrogen-bond acceptors (Lipinski definition) is 5. The minimum Gasteiger partial charge on any atom is -0.365 e. The Morgan fingerprint density at radius 2 is 1.90 bits per heavy atom. The Kier molecular flexibility index (Phi) is 3.28. The Morgan fingerprint density at radius 1 is 1.15 bits per heavy atom. The molecule has 20 heavy (non-hydrogen) atoms. The molecule has 3 rings (SSSR count). The van der Waals surface area contributed by atoms with Crippen LogP contribution in [0.3, 0.4) is 0 Å². The Bertz CT molecular complexity index is 726. The molecule has 0 radical (unpaired) electrons. The quantitative estimate of drug-likeness (QED) is 0.786. The van der Waals surface area contributed by atoms with Crippen LogP contribution in [0, 0.1) is 13.8 Å². The number of aromatic nitrogens is 2. The first kappa shape index (κ1) is 12.9. The third-order valence-corrected chi connectivity index (χ3v) is 4.08. The summed E-state index contributed by atoms with van der Waals surface area (Å²) in [7, 11) is 1.88. The highest BCUT2D eigenvalue weighted by atomic mass is 32.1. The molecule has 4 nitrogen and oxygen atoms in total. The minimum absolute atomic E-state index is 0.832. The van der Waals surface area contributed by atoms with Crippen LogP contribution in [0.5, 0.6) is 0 Å². The molecule has 3 aromatic rings. The lowest BCUT2D eigenvalue weighted by molar-refractivity contribution is 0.393. The molecule has 0 aliphatic heterocycles.